The third-order valence-electron chi connectivity index (χ3n) is 3.52. The van der Waals surface area contributed by atoms with Crippen molar-refractivity contribution < 1.29 is 18.0 Å². The van der Waals surface area contributed by atoms with Gasteiger partial charge in [0.1, 0.15) is 0 Å². The molecule has 2 amide bonds. The van der Waals surface area contributed by atoms with Crippen LogP contribution >= 0.6 is 11.6 Å². The maximum Gasteiger partial charge on any atom is 0.416 e. The van der Waals surface area contributed by atoms with Crippen LogP contribution in [0.4, 0.5) is 23.7 Å². The Balaban J connectivity index is 2.62. The molecule has 8 heteroatoms. The number of amides is 2. The van der Waals surface area contributed by atoms with Crippen molar-refractivity contribution in [2.24, 2.45) is 0 Å². The molecule has 0 unspecified atom stereocenters. The Morgan fingerprint density at radius 1 is 1.21 bits per heavy atom. The normalized spacial score (nSPS) is 12.1. The monoisotopic (exact) mass is 365 g/mol. The van der Waals surface area contributed by atoms with Crippen LogP contribution in [0.5, 0.6) is 0 Å². The fourth-order valence-corrected chi connectivity index (χ4v) is 2.54. The van der Waals surface area contributed by atoms with Crippen molar-refractivity contribution in [2.75, 3.05) is 18.4 Å². The Morgan fingerprint density at radius 3 is 2.29 bits per heavy atom. The van der Waals surface area contributed by atoms with E-state index >= 15 is 0 Å². The van der Waals surface area contributed by atoms with Gasteiger partial charge in [-0.15, -0.1) is 0 Å². The zero-order valence-electron chi connectivity index (χ0n) is 14.2. The van der Waals surface area contributed by atoms with Crippen LogP contribution in [0.25, 0.3) is 0 Å². The lowest BCUT2D eigenvalue weighted by Gasteiger charge is -2.30. The summed E-state index contributed by atoms with van der Waals surface area (Å²) in [5.74, 6) is 0. The van der Waals surface area contributed by atoms with E-state index in [2.05, 4.69) is 43.2 Å². The summed E-state index contributed by atoms with van der Waals surface area (Å²) >= 11 is 5.84. The molecule has 0 fully saturated rings. The van der Waals surface area contributed by atoms with Gasteiger partial charge in [0.2, 0.25) is 0 Å². The van der Waals surface area contributed by atoms with Crippen LogP contribution in [-0.4, -0.2) is 36.1 Å². The molecule has 0 heterocycles. The Hall–Kier alpha value is -1.47. The summed E-state index contributed by atoms with van der Waals surface area (Å²) in [5, 5.41) is 5.03. The van der Waals surface area contributed by atoms with E-state index in [4.69, 9.17) is 11.6 Å². The van der Waals surface area contributed by atoms with Crippen LogP contribution in [0, 0.1) is 0 Å². The second-order valence-corrected chi connectivity index (χ2v) is 6.41. The van der Waals surface area contributed by atoms with Crippen molar-refractivity contribution in [3.05, 3.63) is 28.8 Å². The van der Waals surface area contributed by atoms with Gasteiger partial charge < -0.3 is 10.6 Å². The van der Waals surface area contributed by atoms with Crippen LogP contribution in [0.3, 0.4) is 0 Å². The zero-order valence-corrected chi connectivity index (χ0v) is 14.9. The average Bonchev–Trinajstić information content (AvgIpc) is 2.43. The Kier molecular flexibility index (Phi) is 7.35. The third-order valence-corrected chi connectivity index (χ3v) is 3.85. The summed E-state index contributed by atoms with van der Waals surface area (Å²) in [5.41, 5.74) is -0.943. The molecule has 0 aliphatic heterocycles. The molecule has 0 aliphatic rings. The summed E-state index contributed by atoms with van der Waals surface area (Å²) in [6.07, 6.45) is -4.49. The quantitative estimate of drug-likeness (QED) is 0.773. The summed E-state index contributed by atoms with van der Waals surface area (Å²) in [6.45, 7) is 9.24. The van der Waals surface area contributed by atoms with Crippen molar-refractivity contribution in [1.82, 2.24) is 10.2 Å². The summed E-state index contributed by atoms with van der Waals surface area (Å²) in [6, 6.07) is 2.86. The van der Waals surface area contributed by atoms with Gasteiger partial charge in [-0.25, -0.2) is 4.79 Å². The van der Waals surface area contributed by atoms with Crippen LogP contribution in [0.1, 0.15) is 33.3 Å². The van der Waals surface area contributed by atoms with E-state index in [1.165, 1.54) is 0 Å². The SMILES string of the molecule is CC(C)N(CCNC(=O)Nc1cc(C(F)(F)F)ccc1Cl)C(C)C. The molecule has 0 aromatic heterocycles. The number of benzene rings is 1. The van der Waals surface area contributed by atoms with Gasteiger partial charge in [-0.1, -0.05) is 11.6 Å². The van der Waals surface area contributed by atoms with Crippen molar-refractivity contribution >= 4 is 23.3 Å². The minimum absolute atomic E-state index is 0.0455. The molecular weight excluding hydrogens is 343 g/mol. The summed E-state index contributed by atoms with van der Waals surface area (Å²) in [7, 11) is 0. The van der Waals surface area contributed by atoms with E-state index in [1.54, 1.807) is 0 Å². The van der Waals surface area contributed by atoms with Crippen LogP contribution in [0.2, 0.25) is 5.02 Å². The maximum atomic E-state index is 12.7. The molecule has 136 valence electrons. The number of carbonyl (C=O) groups is 1. The van der Waals surface area contributed by atoms with E-state index in [0.717, 1.165) is 18.2 Å². The fourth-order valence-electron chi connectivity index (χ4n) is 2.38. The minimum Gasteiger partial charge on any atom is -0.337 e. The molecule has 4 nitrogen and oxygen atoms in total. The second-order valence-electron chi connectivity index (χ2n) is 6.00. The number of carbonyl (C=O) groups excluding carboxylic acids is 1. The second kappa shape index (κ2) is 8.58. The molecule has 0 saturated heterocycles. The Bertz CT molecular complexity index is 554. The number of urea groups is 1. The molecule has 0 bridgehead atoms. The van der Waals surface area contributed by atoms with Gasteiger partial charge in [-0.05, 0) is 45.9 Å². The van der Waals surface area contributed by atoms with E-state index in [-0.39, 0.29) is 10.7 Å². The molecule has 1 aromatic carbocycles. The number of hydrogen-bond acceptors (Lipinski definition) is 2. The number of nitrogens with one attached hydrogen (secondary N) is 2. The molecule has 1 rings (SSSR count). The average molecular weight is 366 g/mol. The van der Waals surface area contributed by atoms with Crippen LogP contribution in [-0.2, 0) is 6.18 Å². The molecule has 0 spiro atoms. The molecule has 0 radical (unpaired) electrons. The van der Waals surface area contributed by atoms with E-state index in [0.29, 0.717) is 25.2 Å². The summed E-state index contributed by atoms with van der Waals surface area (Å²) in [4.78, 5) is 14.1. The first-order valence-corrected chi connectivity index (χ1v) is 8.07. The van der Waals surface area contributed by atoms with Gasteiger partial charge in [-0.2, -0.15) is 13.2 Å². The van der Waals surface area contributed by atoms with Gasteiger partial charge in [0.05, 0.1) is 16.3 Å². The van der Waals surface area contributed by atoms with Gasteiger partial charge in [0.15, 0.2) is 0 Å². The van der Waals surface area contributed by atoms with E-state index in [1.807, 2.05) is 0 Å². The lowest BCUT2D eigenvalue weighted by molar-refractivity contribution is -0.137. The largest absolute Gasteiger partial charge is 0.416 e. The molecular formula is C16H23ClF3N3O. The lowest BCUT2D eigenvalue weighted by Crippen LogP contribution is -2.43. The molecule has 0 saturated carbocycles. The van der Waals surface area contributed by atoms with Crippen LogP contribution in [0.15, 0.2) is 18.2 Å². The highest BCUT2D eigenvalue weighted by Crippen LogP contribution is 2.33. The number of halogens is 4. The van der Waals surface area contributed by atoms with Crippen molar-refractivity contribution in [3.63, 3.8) is 0 Å². The highest BCUT2D eigenvalue weighted by atomic mass is 35.5. The van der Waals surface area contributed by atoms with E-state index in [9.17, 15) is 18.0 Å². The first kappa shape index (κ1) is 20.6. The third kappa shape index (κ3) is 6.20. The molecule has 0 aliphatic carbocycles. The molecule has 1 aromatic rings. The summed E-state index contributed by atoms with van der Waals surface area (Å²) < 4.78 is 38.1. The smallest absolute Gasteiger partial charge is 0.337 e. The number of anilines is 1. The fraction of sp³-hybridized carbons (Fsp3) is 0.562. The Labute approximate surface area is 145 Å². The lowest BCUT2D eigenvalue weighted by atomic mass is 10.2. The highest BCUT2D eigenvalue weighted by molar-refractivity contribution is 6.33. The van der Waals surface area contributed by atoms with Gasteiger partial charge >= 0.3 is 12.2 Å². The van der Waals surface area contributed by atoms with Crippen LogP contribution < -0.4 is 10.6 Å². The van der Waals surface area contributed by atoms with Crippen molar-refractivity contribution in [1.29, 1.82) is 0 Å². The number of hydrogen-bond donors (Lipinski definition) is 2. The zero-order chi connectivity index (χ0) is 18.5. The number of nitrogens with zero attached hydrogens (tertiary/aromatic N) is 1. The van der Waals surface area contributed by atoms with Gasteiger partial charge in [0.25, 0.3) is 0 Å². The van der Waals surface area contributed by atoms with E-state index < -0.39 is 17.8 Å². The van der Waals surface area contributed by atoms with Gasteiger partial charge in [-0.3, -0.25) is 4.90 Å². The Morgan fingerprint density at radius 2 is 1.79 bits per heavy atom. The predicted molar refractivity (Wildman–Crippen MR) is 90.5 cm³/mol. The first-order chi connectivity index (χ1) is 11.0. The predicted octanol–water partition coefficient (Wildman–Crippen LogP) is 4.60. The van der Waals surface area contributed by atoms with Gasteiger partial charge in [0, 0.05) is 25.2 Å². The molecule has 24 heavy (non-hydrogen) atoms. The van der Waals surface area contributed by atoms with Crippen molar-refractivity contribution in [3.8, 4) is 0 Å². The highest BCUT2D eigenvalue weighted by Gasteiger charge is 2.31. The van der Waals surface area contributed by atoms with Crippen molar-refractivity contribution in [2.45, 2.75) is 46.0 Å². The topological polar surface area (TPSA) is 44.4 Å². The first-order valence-electron chi connectivity index (χ1n) is 7.69. The number of alkyl halides is 3. The standard InChI is InChI=1S/C16H23ClF3N3O/c1-10(2)23(11(3)4)8-7-21-15(24)22-14-9-12(16(18,19)20)5-6-13(14)17/h5-6,9-11H,7-8H2,1-4H3,(H2,21,22,24). The molecule has 2 N–H and O–H groups in total. The maximum absolute atomic E-state index is 12.7. The minimum atomic E-state index is -4.49. The number of rotatable bonds is 6. The molecule has 0 atom stereocenters.